The van der Waals surface area contributed by atoms with Crippen molar-refractivity contribution in [3.63, 3.8) is 0 Å². The molecule has 0 radical (unpaired) electrons. The lowest BCUT2D eigenvalue weighted by Crippen LogP contribution is -2.24. The summed E-state index contributed by atoms with van der Waals surface area (Å²) < 4.78 is 2.17. The molecule has 4 aromatic rings. The summed E-state index contributed by atoms with van der Waals surface area (Å²) >= 11 is 6.93. The van der Waals surface area contributed by atoms with Crippen LogP contribution in [0.25, 0.3) is 21.7 Å². The van der Waals surface area contributed by atoms with Gasteiger partial charge in [0.1, 0.15) is 11.9 Å². The molecule has 0 bridgehead atoms. The predicted molar refractivity (Wildman–Crippen MR) is 117 cm³/mol. The first-order chi connectivity index (χ1) is 14.1. The second-order valence-corrected chi connectivity index (χ2v) is 8.68. The van der Waals surface area contributed by atoms with Crippen LogP contribution in [-0.4, -0.2) is 30.6 Å². The van der Waals surface area contributed by atoms with Crippen LogP contribution in [0.5, 0.6) is 0 Å². The molecule has 3 heterocycles. The van der Waals surface area contributed by atoms with Crippen LogP contribution in [0.1, 0.15) is 44.0 Å². The Hall–Kier alpha value is -2.78. The van der Waals surface area contributed by atoms with Gasteiger partial charge in [-0.15, -0.1) is 11.3 Å². The van der Waals surface area contributed by atoms with Crippen molar-refractivity contribution < 1.29 is 4.79 Å². The minimum absolute atomic E-state index is 0.154. The highest BCUT2D eigenvalue weighted by Gasteiger charge is 2.24. The summed E-state index contributed by atoms with van der Waals surface area (Å²) in [5.74, 6) is 2.10. The number of anilines is 1. The van der Waals surface area contributed by atoms with Crippen LogP contribution in [0.4, 0.5) is 5.69 Å². The maximum absolute atomic E-state index is 12.9. The van der Waals surface area contributed by atoms with E-state index in [4.69, 9.17) is 12.2 Å². The molecule has 1 aromatic carbocycles. The molecule has 29 heavy (non-hydrogen) atoms. The van der Waals surface area contributed by atoms with E-state index in [1.54, 1.807) is 15.9 Å². The van der Waals surface area contributed by atoms with E-state index in [1.165, 1.54) is 19.3 Å². The van der Waals surface area contributed by atoms with Crippen molar-refractivity contribution in [2.24, 2.45) is 0 Å². The predicted octanol–water partition coefficient (Wildman–Crippen LogP) is 5.01. The third kappa shape index (κ3) is 3.30. The third-order valence-corrected chi connectivity index (χ3v) is 6.63. The Bertz CT molecular complexity index is 1230. The highest BCUT2D eigenvalue weighted by atomic mass is 32.1. The number of fused-ring (bicyclic) bond motifs is 1. The molecule has 7 nitrogen and oxygen atoms in total. The number of H-pyrrole nitrogens is 2. The topological polar surface area (TPSA) is 91.4 Å². The van der Waals surface area contributed by atoms with Crippen LogP contribution in [0.3, 0.4) is 0 Å². The first kappa shape index (κ1) is 18.3. The lowest BCUT2D eigenvalue weighted by Gasteiger charge is -2.22. The number of carbonyl (C=O) groups excluding carboxylic acids is 1. The SMILES string of the molecule is CC(C(=O)Nc1ccc2nc(C3CCC3)[nH]c2c1)n1c(-c2cccs2)n[nH]c1=S. The van der Waals surface area contributed by atoms with Gasteiger partial charge in [0.2, 0.25) is 5.91 Å². The number of thiophene rings is 1. The molecule has 1 atom stereocenters. The average molecular weight is 425 g/mol. The molecule has 0 aliphatic heterocycles. The van der Waals surface area contributed by atoms with E-state index in [9.17, 15) is 4.79 Å². The summed E-state index contributed by atoms with van der Waals surface area (Å²) in [5.41, 5.74) is 2.59. The first-order valence-corrected chi connectivity index (χ1v) is 10.9. The quantitative estimate of drug-likeness (QED) is 0.393. The molecule has 0 spiro atoms. The summed E-state index contributed by atoms with van der Waals surface area (Å²) in [7, 11) is 0. The van der Waals surface area contributed by atoms with Gasteiger partial charge in [0.05, 0.1) is 15.9 Å². The summed E-state index contributed by atoms with van der Waals surface area (Å²) in [6.07, 6.45) is 3.66. The highest BCUT2D eigenvalue weighted by molar-refractivity contribution is 7.71. The summed E-state index contributed by atoms with van der Waals surface area (Å²) in [5, 5.41) is 12.1. The fraction of sp³-hybridized carbons (Fsp3) is 0.300. The Morgan fingerprint density at radius 3 is 2.97 bits per heavy atom. The van der Waals surface area contributed by atoms with Crippen LogP contribution < -0.4 is 5.32 Å². The Morgan fingerprint density at radius 1 is 1.38 bits per heavy atom. The monoisotopic (exact) mass is 424 g/mol. The lowest BCUT2D eigenvalue weighted by atomic mass is 9.85. The minimum atomic E-state index is -0.513. The minimum Gasteiger partial charge on any atom is -0.342 e. The zero-order chi connectivity index (χ0) is 20.0. The number of hydrogen-bond acceptors (Lipinski definition) is 5. The maximum atomic E-state index is 12.9. The highest BCUT2D eigenvalue weighted by Crippen LogP contribution is 2.35. The number of nitrogens with one attached hydrogen (secondary N) is 3. The number of aromatic nitrogens is 5. The molecule has 1 amide bonds. The van der Waals surface area contributed by atoms with Crippen LogP contribution in [0.15, 0.2) is 35.7 Å². The van der Waals surface area contributed by atoms with E-state index in [0.717, 1.165) is 27.4 Å². The van der Waals surface area contributed by atoms with Crippen LogP contribution in [-0.2, 0) is 4.79 Å². The second kappa shape index (κ2) is 7.23. The average Bonchev–Trinajstić information content (AvgIpc) is 3.38. The van der Waals surface area contributed by atoms with Gasteiger partial charge in [0, 0.05) is 11.6 Å². The fourth-order valence-corrected chi connectivity index (χ4v) is 4.59. The number of carbonyl (C=O) groups is 1. The maximum Gasteiger partial charge on any atom is 0.247 e. The lowest BCUT2D eigenvalue weighted by molar-refractivity contribution is -0.118. The smallest absolute Gasteiger partial charge is 0.247 e. The van der Waals surface area contributed by atoms with E-state index in [0.29, 0.717) is 16.5 Å². The zero-order valence-electron chi connectivity index (χ0n) is 15.8. The zero-order valence-corrected chi connectivity index (χ0v) is 17.4. The molecule has 5 rings (SSSR count). The van der Waals surface area contributed by atoms with Gasteiger partial charge in [-0.3, -0.25) is 14.5 Å². The molecular formula is C20H20N6OS2. The van der Waals surface area contributed by atoms with E-state index < -0.39 is 6.04 Å². The Labute approximate surface area is 176 Å². The molecule has 1 aliphatic rings. The molecular weight excluding hydrogens is 404 g/mol. The molecule has 148 valence electrons. The summed E-state index contributed by atoms with van der Waals surface area (Å²) in [6, 6.07) is 9.15. The van der Waals surface area contributed by atoms with Gasteiger partial charge in [0.15, 0.2) is 10.6 Å². The van der Waals surface area contributed by atoms with Gasteiger partial charge < -0.3 is 10.3 Å². The van der Waals surface area contributed by atoms with Gasteiger partial charge in [0.25, 0.3) is 0 Å². The molecule has 1 aliphatic carbocycles. The largest absolute Gasteiger partial charge is 0.342 e. The van der Waals surface area contributed by atoms with Crippen molar-refractivity contribution in [3.8, 4) is 10.7 Å². The number of amides is 1. The van der Waals surface area contributed by atoms with E-state index >= 15 is 0 Å². The van der Waals surface area contributed by atoms with Crippen LogP contribution in [0, 0.1) is 4.77 Å². The van der Waals surface area contributed by atoms with Gasteiger partial charge >= 0.3 is 0 Å². The van der Waals surface area contributed by atoms with E-state index in [-0.39, 0.29) is 5.91 Å². The molecule has 3 aromatic heterocycles. The second-order valence-electron chi connectivity index (χ2n) is 7.35. The number of imidazole rings is 1. The van der Waals surface area contributed by atoms with Gasteiger partial charge in [-0.25, -0.2) is 4.98 Å². The number of benzene rings is 1. The first-order valence-electron chi connectivity index (χ1n) is 9.61. The van der Waals surface area contributed by atoms with Crippen molar-refractivity contribution in [2.75, 3.05) is 5.32 Å². The van der Waals surface area contributed by atoms with Crippen molar-refractivity contribution in [2.45, 2.75) is 38.1 Å². The van der Waals surface area contributed by atoms with Crippen molar-refractivity contribution in [1.29, 1.82) is 0 Å². The number of nitrogens with zero attached hydrogens (tertiary/aromatic N) is 3. The fourth-order valence-electron chi connectivity index (χ4n) is 3.59. The number of rotatable bonds is 5. The normalized spacial score (nSPS) is 15.3. The van der Waals surface area contributed by atoms with Gasteiger partial charge in [-0.2, -0.15) is 5.10 Å². The molecule has 1 saturated carbocycles. The van der Waals surface area contributed by atoms with Gasteiger partial charge in [-0.05, 0) is 61.6 Å². The molecule has 3 N–H and O–H groups in total. The Morgan fingerprint density at radius 2 is 2.24 bits per heavy atom. The molecule has 0 saturated heterocycles. The molecule has 1 fully saturated rings. The van der Waals surface area contributed by atoms with Crippen LogP contribution in [0.2, 0.25) is 0 Å². The molecule has 9 heteroatoms. The standard InChI is InChI=1S/C20H20N6OS2/c1-11(26-18(24-25-20(26)28)16-6-3-9-29-16)19(27)21-13-7-8-14-15(10-13)23-17(22-14)12-4-2-5-12/h3,6-12H,2,4-5H2,1H3,(H,21,27)(H,22,23)(H,25,28). The van der Waals surface area contributed by atoms with Crippen LogP contribution >= 0.6 is 23.6 Å². The van der Waals surface area contributed by atoms with E-state index in [1.807, 2.05) is 42.6 Å². The van der Waals surface area contributed by atoms with E-state index in [2.05, 4.69) is 25.5 Å². The Balaban J connectivity index is 1.39. The van der Waals surface area contributed by atoms with Crippen molar-refractivity contribution >= 4 is 46.2 Å². The molecule has 1 unspecified atom stereocenters. The number of hydrogen-bond donors (Lipinski definition) is 3. The summed E-state index contributed by atoms with van der Waals surface area (Å²) in [6.45, 7) is 1.82. The third-order valence-electron chi connectivity index (χ3n) is 5.47. The van der Waals surface area contributed by atoms with Crippen molar-refractivity contribution in [1.82, 2.24) is 24.7 Å². The Kier molecular flexibility index (Phi) is 4.56. The van der Waals surface area contributed by atoms with Gasteiger partial charge in [-0.1, -0.05) is 12.5 Å². The number of aromatic amines is 2. The summed E-state index contributed by atoms with van der Waals surface area (Å²) in [4.78, 5) is 22.0. The van der Waals surface area contributed by atoms with Crippen molar-refractivity contribution in [3.05, 3.63) is 46.3 Å².